The third-order valence-corrected chi connectivity index (χ3v) is 8.28. The number of rotatable bonds is 22. The number of nitrogens with zero attached hydrogens (tertiary/aromatic N) is 2. The SMILES string of the molecule is CCCCCCCCCCC/C=C/C(=Nc1cc(CC)cc(CC)c1)C(CCCCC)=Nc1cc(CC)cc(CC)c1.[Ni]. The molecule has 0 saturated carbocycles. The fraction of sp³-hybridized carbons (Fsp3) is 0.600. The van der Waals surface area contributed by atoms with Gasteiger partial charge in [0.2, 0.25) is 0 Å². The molecule has 0 heterocycles. The van der Waals surface area contributed by atoms with Crippen molar-refractivity contribution in [3.05, 3.63) is 70.8 Å². The van der Waals surface area contributed by atoms with E-state index in [0.29, 0.717) is 0 Å². The molecule has 0 aliphatic rings. The quantitative estimate of drug-likeness (QED) is 0.0703. The molecule has 43 heavy (non-hydrogen) atoms. The Kier molecular flexibility index (Phi) is 22.1. The zero-order valence-electron chi connectivity index (χ0n) is 28.6. The van der Waals surface area contributed by atoms with E-state index in [1.54, 1.807) is 0 Å². The molecule has 0 radical (unpaired) electrons. The van der Waals surface area contributed by atoms with E-state index in [1.165, 1.54) is 92.9 Å². The molecule has 0 aliphatic heterocycles. The van der Waals surface area contributed by atoms with Gasteiger partial charge in [0.25, 0.3) is 0 Å². The summed E-state index contributed by atoms with van der Waals surface area (Å²) >= 11 is 0. The van der Waals surface area contributed by atoms with Gasteiger partial charge in [-0.1, -0.05) is 124 Å². The van der Waals surface area contributed by atoms with E-state index >= 15 is 0 Å². The predicted octanol–water partition coefficient (Wildman–Crippen LogP) is 12.8. The van der Waals surface area contributed by atoms with Crippen molar-refractivity contribution >= 4 is 22.8 Å². The fourth-order valence-corrected chi connectivity index (χ4v) is 5.48. The van der Waals surface area contributed by atoms with Gasteiger partial charge in [-0.15, -0.1) is 0 Å². The molecule has 2 nitrogen and oxygen atoms in total. The molecule has 0 spiro atoms. The largest absolute Gasteiger partial charge is 0.251 e. The standard InChI is InChI=1S/C40H62N2.Ni/c1-7-13-15-16-17-18-19-20-21-22-24-26-40(42-38-31-35(11-5)28-36(12-6)32-38)39(25-23-14-8-2)41-37-29-33(9-3)27-34(10-4)30-37;/h24,26-32H,7-23,25H2,1-6H3;/b26-24+,41-39?,42-40?;. The van der Waals surface area contributed by atoms with Crippen molar-refractivity contribution in [2.75, 3.05) is 0 Å². The van der Waals surface area contributed by atoms with Crippen LogP contribution in [0.5, 0.6) is 0 Å². The van der Waals surface area contributed by atoms with Crippen molar-refractivity contribution in [3.8, 4) is 0 Å². The molecule has 0 aromatic heterocycles. The molecule has 242 valence electrons. The Morgan fingerprint density at radius 1 is 0.512 bits per heavy atom. The molecule has 0 amide bonds. The second kappa shape index (κ2) is 24.3. The molecule has 0 bridgehead atoms. The van der Waals surface area contributed by atoms with Crippen LogP contribution in [0.3, 0.4) is 0 Å². The maximum atomic E-state index is 5.33. The summed E-state index contributed by atoms with van der Waals surface area (Å²) in [6.07, 6.45) is 26.7. The van der Waals surface area contributed by atoms with Crippen LogP contribution in [0.15, 0.2) is 58.5 Å². The number of hydrogen-bond donors (Lipinski definition) is 0. The number of hydrogen-bond acceptors (Lipinski definition) is 2. The van der Waals surface area contributed by atoms with Crippen molar-refractivity contribution in [1.29, 1.82) is 0 Å². The number of allylic oxidation sites excluding steroid dienone is 2. The Hall–Kier alpha value is -1.99. The van der Waals surface area contributed by atoms with Crippen molar-refractivity contribution in [2.45, 2.75) is 157 Å². The van der Waals surface area contributed by atoms with Gasteiger partial charge in [-0.25, -0.2) is 4.99 Å². The Morgan fingerprint density at radius 3 is 1.40 bits per heavy atom. The van der Waals surface area contributed by atoms with Gasteiger partial charge in [0.1, 0.15) is 0 Å². The van der Waals surface area contributed by atoms with Crippen LogP contribution < -0.4 is 0 Å². The second-order valence-electron chi connectivity index (χ2n) is 12.0. The summed E-state index contributed by atoms with van der Waals surface area (Å²) in [5.41, 5.74) is 9.76. The third kappa shape index (κ3) is 16.1. The molecule has 3 heteroatoms. The average Bonchev–Trinajstić information content (AvgIpc) is 3.02. The van der Waals surface area contributed by atoms with E-state index in [9.17, 15) is 0 Å². The molecule has 2 aromatic carbocycles. The Labute approximate surface area is 276 Å². The molecule has 0 aliphatic carbocycles. The van der Waals surface area contributed by atoms with E-state index in [-0.39, 0.29) is 16.5 Å². The minimum Gasteiger partial charge on any atom is -0.251 e. The first kappa shape index (κ1) is 39.0. The van der Waals surface area contributed by atoms with Crippen LogP contribution in [0, 0.1) is 0 Å². The maximum absolute atomic E-state index is 5.33. The Balaban J connectivity index is 0.00000924. The van der Waals surface area contributed by atoms with Crippen LogP contribution >= 0.6 is 0 Å². The van der Waals surface area contributed by atoms with Crippen molar-refractivity contribution < 1.29 is 16.5 Å². The molecule has 0 saturated heterocycles. The van der Waals surface area contributed by atoms with Crippen molar-refractivity contribution in [3.63, 3.8) is 0 Å². The number of aryl methyl sites for hydroxylation is 4. The molecule has 0 unspecified atom stereocenters. The monoisotopic (exact) mass is 628 g/mol. The summed E-state index contributed by atoms with van der Waals surface area (Å²) in [5.74, 6) is 0. The minimum atomic E-state index is 0. The molecular formula is C40H62N2Ni. The first-order valence-corrected chi connectivity index (χ1v) is 17.6. The molecule has 2 aromatic rings. The first-order chi connectivity index (χ1) is 20.6. The summed E-state index contributed by atoms with van der Waals surface area (Å²) in [6, 6.07) is 13.7. The van der Waals surface area contributed by atoms with Crippen molar-refractivity contribution in [1.82, 2.24) is 0 Å². The van der Waals surface area contributed by atoms with Crippen LogP contribution in [0.2, 0.25) is 0 Å². The fourth-order valence-electron chi connectivity index (χ4n) is 5.48. The number of benzene rings is 2. The van der Waals surface area contributed by atoms with Gasteiger partial charge in [-0.2, -0.15) is 0 Å². The molecule has 0 atom stereocenters. The normalized spacial score (nSPS) is 12.2. The maximum Gasteiger partial charge on any atom is 0.0848 e. The van der Waals surface area contributed by atoms with Crippen LogP contribution in [0.1, 0.15) is 154 Å². The van der Waals surface area contributed by atoms with E-state index < -0.39 is 0 Å². The third-order valence-electron chi connectivity index (χ3n) is 8.28. The minimum absolute atomic E-state index is 0. The number of aliphatic imine (C=N–C) groups is 2. The van der Waals surface area contributed by atoms with Crippen LogP contribution in [0.4, 0.5) is 11.4 Å². The van der Waals surface area contributed by atoms with Gasteiger partial charge < -0.3 is 0 Å². The Bertz CT molecular complexity index is 1070. The summed E-state index contributed by atoms with van der Waals surface area (Å²) in [4.78, 5) is 10.7. The predicted molar refractivity (Wildman–Crippen MR) is 190 cm³/mol. The van der Waals surface area contributed by atoms with Gasteiger partial charge in [0.15, 0.2) is 0 Å². The molecule has 0 fully saturated rings. The Morgan fingerprint density at radius 2 is 0.930 bits per heavy atom. The van der Waals surface area contributed by atoms with Gasteiger partial charge in [0.05, 0.1) is 22.8 Å². The van der Waals surface area contributed by atoms with E-state index in [1.807, 2.05) is 0 Å². The van der Waals surface area contributed by atoms with E-state index in [4.69, 9.17) is 9.98 Å². The zero-order chi connectivity index (χ0) is 30.4. The van der Waals surface area contributed by atoms with Crippen LogP contribution in [-0.4, -0.2) is 11.4 Å². The van der Waals surface area contributed by atoms with E-state index in [2.05, 4.69) is 90.1 Å². The number of unbranched alkanes of at least 4 members (excludes halogenated alkanes) is 11. The first-order valence-electron chi connectivity index (χ1n) is 17.6. The zero-order valence-corrected chi connectivity index (χ0v) is 29.5. The average molecular weight is 630 g/mol. The van der Waals surface area contributed by atoms with Gasteiger partial charge >= 0.3 is 0 Å². The topological polar surface area (TPSA) is 24.7 Å². The molecule has 0 N–H and O–H groups in total. The smallest absolute Gasteiger partial charge is 0.0848 e. The van der Waals surface area contributed by atoms with Gasteiger partial charge in [0, 0.05) is 16.5 Å². The van der Waals surface area contributed by atoms with Gasteiger partial charge in [-0.3, -0.25) is 4.99 Å². The second-order valence-corrected chi connectivity index (χ2v) is 12.0. The summed E-state index contributed by atoms with van der Waals surface area (Å²) < 4.78 is 0. The summed E-state index contributed by atoms with van der Waals surface area (Å²) in [6.45, 7) is 13.5. The van der Waals surface area contributed by atoms with Crippen LogP contribution in [-0.2, 0) is 42.2 Å². The summed E-state index contributed by atoms with van der Waals surface area (Å²) in [7, 11) is 0. The summed E-state index contributed by atoms with van der Waals surface area (Å²) in [5, 5.41) is 0. The van der Waals surface area contributed by atoms with Crippen molar-refractivity contribution in [2.24, 2.45) is 9.98 Å². The van der Waals surface area contributed by atoms with E-state index in [0.717, 1.165) is 67.7 Å². The molecule has 2 rings (SSSR count). The van der Waals surface area contributed by atoms with Gasteiger partial charge in [-0.05, 0) is 104 Å². The van der Waals surface area contributed by atoms with Crippen LogP contribution in [0.25, 0.3) is 0 Å². The molecular weight excluding hydrogens is 567 g/mol.